The largest absolute Gasteiger partial charge is 0.454 e. The van der Waals surface area contributed by atoms with Crippen molar-refractivity contribution in [3.05, 3.63) is 108 Å². The molecule has 6 rings (SSSR count). The second-order valence-corrected chi connectivity index (χ2v) is 8.00. The molecule has 0 atom stereocenters. The van der Waals surface area contributed by atoms with Crippen LogP contribution < -0.4 is 0 Å². The van der Waals surface area contributed by atoms with Crippen LogP contribution in [0.3, 0.4) is 0 Å². The zero-order chi connectivity index (χ0) is 21.5. The number of benzene rings is 4. The van der Waals surface area contributed by atoms with Gasteiger partial charge in [-0.3, -0.25) is 0 Å². The molecule has 3 nitrogen and oxygen atoms in total. The standard InChI is InChI=1S/C28H17ClN2O/c29-22-15-7-14-21-26-20(13-8-16-25(26)32-27(21)22)24-17-23(18-9-3-1-4-10-18)30-28(31-24)19-11-5-2-6-12-19/h1-17H. The topological polar surface area (TPSA) is 38.9 Å². The minimum Gasteiger partial charge on any atom is -0.454 e. The van der Waals surface area contributed by atoms with E-state index in [0.29, 0.717) is 16.4 Å². The lowest BCUT2D eigenvalue weighted by Gasteiger charge is -2.10. The maximum absolute atomic E-state index is 6.42. The lowest BCUT2D eigenvalue weighted by molar-refractivity contribution is 0.669. The van der Waals surface area contributed by atoms with E-state index in [1.54, 1.807) is 0 Å². The molecule has 0 fully saturated rings. The zero-order valence-corrected chi connectivity index (χ0v) is 17.8. The number of nitrogens with zero attached hydrogens (tertiary/aromatic N) is 2. The molecule has 0 bridgehead atoms. The van der Waals surface area contributed by atoms with E-state index in [4.69, 9.17) is 26.0 Å². The highest BCUT2D eigenvalue weighted by molar-refractivity contribution is 6.36. The van der Waals surface area contributed by atoms with Gasteiger partial charge in [-0.25, -0.2) is 9.97 Å². The van der Waals surface area contributed by atoms with E-state index < -0.39 is 0 Å². The molecule has 0 amide bonds. The molecule has 0 saturated carbocycles. The van der Waals surface area contributed by atoms with Gasteiger partial charge < -0.3 is 4.42 Å². The molecule has 0 spiro atoms. The maximum Gasteiger partial charge on any atom is 0.160 e. The summed E-state index contributed by atoms with van der Waals surface area (Å²) < 4.78 is 6.10. The summed E-state index contributed by atoms with van der Waals surface area (Å²) in [7, 11) is 0. The van der Waals surface area contributed by atoms with Gasteiger partial charge in [0.2, 0.25) is 0 Å². The van der Waals surface area contributed by atoms with E-state index in [2.05, 4.69) is 18.2 Å². The van der Waals surface area contributed by atoms with E-state index in [9.17, 15) is 0 Å². The highest BCUT2D eigenvalue weighted by Gasteiger charge is 2.17. The summed E-state index contributed by atoms with van der Waals surface area (Å²) in [6.07, 6.45) is 0. The summed E-state index contributed by atoms with van der Waals surface area (Å²) >= 11 is 6.42. The fraction of sp³-hybridized carbons (Fsp3) is 0. The van der Waals surface area contributed by atoms with E-state index >= 15 is 0 Å². The number of rotatable bonds is 3. The van der Waals surface area contributed by atoms with Gasteiger partial charge in [0.05, 0.1) is 16.4 Å². The van der Waals surface area contributed by atoms with Crippen LogP contribution in [-0.4, -0.2) is 9.97 Å². The first-order valence-corrected chi connectivity index (χ1v) is 10.8. The van der Waals surface area contributed by atoms with Gasteiger partial charge in [-0.1, -0.05) is 96.5 Å². The smallest absolute Gasteiger partial charge is 0.160 e. The van der Waals surface area contributed by atoms with Crippen molar-refractivity contribution < 1.29 is 4.42 Å². The number of fused-ring (bicyclic) bond motifs is 3. The van der Waals surface area contributed by atoms with Crippen molar-refractivity contribution in [2.75, 3.05) is 0 Å². The Morgan fingerprint density at radius 2 is 1.31 bits per heavy atom. The molecule has 0 radical (unpaired) electrons. The lowest BCUT2D eigenvalue weighted by atomic mass is 10.0. The molecule has 2 heterocycles. The summed E-state index contributed by atoms with van der Waals surface area (Å²) in [5.41, 5.74) is 6.19. The second kappa shape index (κ2) is 7.63. The van der Waals surface area contributed by atoms with Gasteiger partial charge in [0.1, 0.15) is 5.58 Å². The first kappa shape index (κ1) is 18.8. The summed E-state index contributed by atoms with van der Waals surface area (Å²) in [5.74, 6) is 0.685. The number of aromatic nitrogens is 2. The van der Waals surface area contributed by atoms with Gasteiger partial charge in [0.25, 0.3) is 0 Å². The number of hydrogen-bond donors (Lipinski definition) is 0. The van der Waals surface area contributed by atoms with Crippen LogP contribution in [0.25, 0.3) is 55.8 Å². The molecule has 0 aliphatic heterocycles. The Hall–Kier alpha value is -3.95. The molecule has 2 aromatic heterocycles. The third-order valence-electron chi connectivity index (χ3n) is 5.58. The third-order valence-corrected chi connectivity index (χ3v) is 5.88. The summed E-state index contributed by atoms with van der Waals surface area (Å²) in [6, 6.07) is 34.1. The van der Waals surface area contributed by atoms with E-state index in [-0.39, 0.29) is 0 Å². The molecule has 0 saturated heterocycles. The second-order valence-electron chi connectivity index (χ2n) is 7.59. The van der Waals surface area contributed by atoms with E-state index in [1.807, 2.05) is 84.9 Å². The van der Waals surface area contributed by atoms with Crippen LogP contribution in [0.4, 0.5) is 0 Å². The SMILES string of the molecule is Clc1cccc2c1oc1cccc(-c3cc(-c4ccccc4)nc(-c4ccccc4)n3)c12. The quantitative estimate of drug-likeness (QED) is 0.284. The fourth-order valence-electron chi connectivity index (χ4n) is 4.09. The van der Waals surface area contributed by atoms with Crippen LogP contribution in [0.1, 0.15) is 0 Å². The summed E-state index contributed by atoms with van der Waals surface area (Å²) in [6.45, 7) is 0. The molecular formula is C28H17ClN2O. The molecule has 4 aromatic carbocycles. The predicted molar refractivity (Wildman–Crippen MR) is 131 cm³/mol. The van der Waals surface area contributed by atoms with Crippen molar-refractivity contribution in [3.63, 3.8) is 0 Å². The Kier molecular flexibility index (Phi) is 4.48. The van der Waals surface area contributed by atoms with Crippen LogP contribution in [-0.2, 0) is 0 Å². The number of furan rings is 1. The summed E-state index contributed by atoms with van der Waals surface area (Å²) in [4.78, 5) is 9.86. The first-order chi connectivity index (χ1) is 15.8. The molecule has 0 unspecified atom stereocenters. The van der Waals surface area contributed by atoms with Crippen molar-refractivity contribution >= 4 is 33.5 Å². The number of halogens is 1. The van der Waals surface area contributed by atoms with Crippen LogP contribution in [0.15, 0.2) is 108 Å². The molecular weight excluding hydrogens is 416 g/mol. The average molecular weight is 433 g/mol. The zero-order valence-electron chi connectivity index (χ0n) is 17.0. The molecule has 6 aromatic rings. The highest BCUT2D eigenvalue weighted by Crippen LogP contribution is 2.39. The Balaban J connectivity index is 1.66. The Bertz CT molecular complexity index is 1520. The van der Waals surface area contributed by atoms with Gasteiger partial charge in [0.15, 0.2) is 11.4 Å². The Morgan fingerprint density at radius 3 is 2.09 bits per heavy atom. The van der Waals surface area contributed by atoms with Crippen molar-refractivity contribution in [1.29, 1.82) is 0 Å². The van der Waals surface area contributed by atoms with Gasteiger partial charge in [-0.15, -0.1) is 0 Å². The fourth-order valence-corrected chi connectivity index (χ4v) is 4.30. The molecule has 152 valence electrons. The van der Waals surface area contributed by atoms with Crippen LogP contribution in [0, 0.1) is 0 Å². The average Bonchev–Trinajstić information content (AvgIpc) is 3.25. The molecule has 0 N–H and O–H groups in total. The Labute approximate surface area is 190 Å². The van der Waals surface area contributed by atoms with Crippen molar-refractivity contribution in [2.24, 2.45) is 0 Å². The first-order valence-electron chi connectivity index (χ1n) is 10.4. The Morgan fingerprint density at radius 1 is 0.625 bits per heavy atom. The minimum atomic E-state index is 0.599. The molecule has 32 heavy (non-hydrogen) atoms. The predicted octanol–water partition coefficient (Wildman–Crippen LogP) is 8.03. The van der Waals surface area contributed by atoms with Crippen LogP contribution in [0.5, 0.6) is 0 Å². The van der Waals surface area contributed by atoms with Crippen molar-refractivity contribution in [2.45, 2.75) is 0 Å². The molecule has 0 aliphatic rings. The molecule has 4 heteroatoms. The third kappa shape index (κ3) is 3.15. The minimum absolute atomic E-state index is 0.599. The maximum atomic E-state index is 6.42. The summed E-state index contributed by atoms with van der Waals surface area (Å²) in [5, 5.41) is 2.58. The van der Waals surface area contributed by atoms with Gasteiger partial charge >= 0.3 is 0 Å². The molecule has 0 aliphatic carbocycles. The van der Waals surface area contributed by atoms with Gasteiger partial charge in [0, 0.05) is 27.5 Å². The van der Waals surface area contributed by atoms with E-state index in [1.165, 1.54) is 0 Å². The monoisotopic (exact) mass is 432 g/mol. The lowest BCUT2D eigenvalue weighted by Crippen LogP contribution is -1.96. The number of hydrogen-bond acceptors (Lipinski definition) is 3. The van der Waals surface area contributed by atoms with Crippen LogP contribution >= 0.6 is 11.6 Å². The van der Waals surface area contributed by atoms with Gasteiger partial charge in [-0.05, 0) is 18.2 Å². The van der Waals surface area contributed by atoms with Crippen LogP contribution in [0.2, 0.25) is 5.02 Å². The number of para-hydroxylation sites is 1. The highest BCUT2D eigenvalue weighted by atomic mass is 35.5. The van der Waals surface area contributed by atoms with Crippen molar-refractivity contribution in [3.8, 4) is 33.9 Å². The van der Waals surface area contributed by atoms with Gasteiger partial charge in [-0.2, -0.15) is 0 Å². The normalized spacial score (nSPS) is 11.3. The van der Waals surface area contributed by atoms with Crippen molar-refractivity contribution in [1.82, 2.24) is 9.97 Å². The van der Waals surface area contributed by atoms with E-state index in [0.717, 1.165) is 44.4 Å².